The van der Waals surface area contributed by atoms with Crippen molar-refractivity contribution in [2.24, 2.45) is 0 Å². The Morgan fingerprint density at radius 2 is 2.21 bits per heavy atom. The first-order valence-corrected chi connectivity index (χ1v) is 9.22. The van der Waals surface area contributed by atoms with Crippen molar-refractivity contribution < 1.29 is 18.4 Å². The maximum Gasteiger partial charge on any atom is 0.254 e. The zero-order chi connectivity index (χ0) is 20.1. The molecule has 2 atom stereocenters. The van der Waals surface area contributed by atoms with Crippen LogP contribution in [0, 0.1) is 17.1 Å². The van der Waals surface area contributed by atoms with Crippen LogP contribution in [-0.4, -0.2) is 41.0 Å². The molecular formula is C19H13BrF2N4O2. The van der Waals surface area contributed by atoms with Crippen molar-refractivity contribution in [3.8, 4) is 6.07 Å². The second-order valence-electron chi connectivity index (χ2n) is 6.89. The van der Waals surface area contributed by atoms with Gasteiger partial charge in [-0.2, -0.15) is 5.26 Å². The number of halogens is 3. The molecule has 6 nitrogen and oxygen atoms in total. The van der Waals surface area contributed by atoms with Gasteiger partial charge in [-0.15, -0.1) is 0 Å². The van der Waals surface area contributed by atoms with E-state index in [0.717, 1.165) is 16.7 Å². The minimum Gasteiger partial charge on any atom is -0.328 e. The van der Waals surface area contributed by atoms with Gasteiger partial charge in [-0.1, -0.05) is 15.9 Å². The van der Waals surface area contributed by atoms with E-state index in [9.17, 15) is 18.4 Å². The molecule has 0 unspecified atom stereocenters. The molecule has 1 aromatic heterocycles. The van der Waals surface area contributed by atoms with Crippen LogP contribution >= 0.6 is 15.9 Å². The summed E-state index contributed by atoms with van der Waals surface area (Å²) in [5.74, 6) is -2.22. The maximum absolute atomic E-state index is 14.2. The molecule has 1 N–H and O–H groups in total. The molecule has 9 heteroatoms. The Morgan fingerprint density at radius 1 is 1.46 bits per heavy atom. The Hall–Kier alpha value is -2.86. The van der Waals surface area contributed by atoms with E-state index in [1.54, 1.807) is 24.3 Å². The lowest BCUT2D eigenvalue weighted by Crippen LogP contribution is -2.47. The molecule has 0 bridgehead atoms. The van der Waals surface area contributed by atoms with Gasteiger partial charge in [0.15, 0.2) is 11.6 Å². The smallest absolute Gasteiger partial charge is 0.254 e. The number of carbonyl (C=O) groups is 2. The lowest BCUT2D eigenvalue weighted by atomic mass is 9.86. The summed E-state index contributed by atoms with van der Waals surface area (Å²) in [5.41, 5.74) is 0.237. The molecule has 2 amide bonds. The van der Waals surface area contributed by atoms with Crippen LogP contribution in [0.3, 0.4) is 0 Å². The van der Waals surface area contributed by atoms with Crippen LogP contribution in [-0.2, 0) is 10.2 Å². The highest BCUT2D eigenvalue weighted by Crippen LogP contribution is 2.54. The van der Waals surface area contributed by atoms with Gasteiger partial charge in [-0.05, 0) is 36.2 Å². The van der Waals surface area contributed by atoms with Crippen LogP contribution in [0.5, 0.6) is 0 Å². The number of hydrogen-bond acceptors (Lipinski definition) is 4. The predicted octanol–water partition coefficient (Wildman–Crippen LogP) is 2.93. The number of hydrogen-bond donors (Lipinski definition) is 1. The average molecular weight is 447 g/mol. The quantitative estimate of drug-likeness (QED) is 0.784. The zero-order valence-corrected chi connectivity index (χ0v) is 16.0. The van der Waals surface area contributed by atoms with E-state index in [2.05, 4.69) is 26.2 Å². The lowest BCUT2D eigenvalue weighted by molar-refractivity contribution is -0.117. The topological polar surface area (TPSA) is 86.1 Å². The number of benzene rings is 1. The summed E-state index contributed by atoms with van der Waals surface area (Å²) in [6.45, 7) is -0.281. The highest BCUT2D eigenvalue weighted by Gasteiger charge is 2.61. The van der Waals surface area contributed by atoms with E-state index in [1.165, 1.54) is 4.90 Å². The van der Waals surface area contributed by atoms with Gasteiger partial charge in [0.05, 0.1) is 5.56 Å². The molecule has 1 aromatic carbocycles. The number of aromatic nitrogens is 1. The van der Waals surface area contributed by atoms with Crippen LogP contribution in [0.2, 0.25) is 0 Å². The number of nitrogens with zero attached hydrogens (tertiary/aromatic N) is 3. The van der Waals surface area contributed by atoms with Gasteiger partial charge in [-0.25, -0.2) is 13.8 Å². The monoisotopic (exact) mass is 446 g/mol. The second-order valence-corrected chi connectivity index (χ2v) is 7.81. The molecule has 1 aliphatic heterocycles. The van der Waals surface area contributed by atoms with Crippen molar-refractivity contribution in [3.63, 3.8) is 0 Å². The molecule has 0 saturated heterocycles. The number of carbonyl (C=O) groups excluding carboxylic acids is 2. The van der Waals surface area contributed by atoms with Gasteiger partial charge in [-0.3, -0.25) is 9.59 Å². The van der Waals surface area contributed by atoms with Crippen LogP contribution in [0.1, 0.15) is 27.9 Å². The fourth-order valence-electron chi connectivity index (χ4n) is 3.55. The van der Waals surface area contributed by atoms with Gasteiger partial charge in [0.2, 0.25) is 5.91 Å². The first-order chi connectivity index (χ1) is 13.3. The standard InChI is InChI=1S/C19H13BrF2N4O2/c20-11-1-2-12-13(4-11)19(5-15(19)22)9-26(18(12)28)8-16(27)25-17-14(21)3-10(6-23)7-24-17/h1-4,7,15H,5,8-9H2,(H,24,25,27)/t15-,19-/m1/s1. The molecule has 28 heavy (non-hydrogen) atoms. The number of nitrogens with one attached hydrogen (secondary N) is 1. The highest BCUT2D eigenvalue weighted by atomic mass is 79.9. The van der Waals surface area contributed by atoms with Crippen molar-refractivity contribution in [3.05, 3.63) is 57.4 Å². The maximum atomic E-state index is 14.2. The van der Waals surface area contributed by atoms with Crippen molar-refractivity contribution >= 4 is 33.6 Å². The van der Waals surface area contributed by atoms with Gasteiger partial charge in [0.25, 0.3) is 5.91 Å². The van der Waals surface area contributed by atoms with Crippen molar-refractivity contribution in [2.75, 3.05) is 18.4 Å². The Labute approximate surface area is 167 Å². The van der Waals surface area contributed by atoms with Gasteiger partial charge in [0, 0.05) is 28.2 Å². The first-order valence-electron chi connectivity index (χ1n) is 8.43. The number of amides is 2. The number of anilines is 1. The Morgan fingerprint density at radius 3 is 2.86 bits per heavy atom. The summed E-state index contributed by atoms with van der Waals surface area (Å²) in [7, 11) is 0. The summed E-state index contributed by atoms with van der Waals surface area (Å²) < 4.78 is 28.9. The third-order valence-electron chi connectivity index (χ3n) is 5.05. The third-order valence-corrected chi connectivity index (χ3v) is 5.55. The third kappa shape index (κ3) is 3.03. The van der Waals surface area contributed by atoms with Crippen molar-refractivity contribution in [2.45, 2.75) is 18.0 Å². The minimum absolute atomic E-state index is 0.0223. The Bertz CT molecular complexity index is 1050. The zero-order valence-electron chi connectivity index (χ0n) is 14.4. The number of nitriles is 1. The fraction of sp³-hybridized carbons (Fsp3) is 0.263. The Kier molecular flexibility index (Phi) is 4.38. The number of alkyl halides is 1. The molecule has 1 fully saturated rings. The molecule has 2 aromatic rings. The van der Waals surface area contributed by atoms with E-state index >= 15 is 0 Å². The molecule has 2 heterocycles. The first kappa shape index (κ1) is 18.5. The number of rotatable bonds is 3. The summed E-state index contributed by atoms with van der Waals surface area (Å²) in [4.78, 5) is 30.1. The van der Waals surface area contributed by atoms with Crippen LogP contribution in [0.4, 0.5) is 14.6 Å². The van der Waals surface area contributed by atoms with E-state index < -0.39 is 23.3 Å². The summed E-state index contributed by atoms with van der Waals surface area (Å²) in [6, 6.07) is 7.76. The SMILES string of the molecule is N#Cc1cnc(NC(=O)CN2C[C@]3(C[C@H]3F)c3cc(Br)ccc3C2=O)c(F)c1. The molecular weight excluding hydrogens is 434 g/mol. The molecule has 4 rings (SSSR count). The molecule has 1 spiro atoms. The summed E-state index contributed by atoms with van der Waals surface area (Å²) >= 11 is 3.35. The molecule has 1 aliphatic carbocycles. The van der Waals surface area contributed by atoms with Gasteiger partial charge < -0.3 is 10.2 Å². The van der Waals surface area contributed by atoms with Crippen LogP contribution < -0.4 is 5.32 Å². The Balaban J connectivity index is 1.54. The molecule has 1 saturated carbocycles. The van der Waals surface area contributed by atoms with Crippen molar-refractivity contribution in [1.82, 2.24) is 9.88 Å². The van der Waals surface area contributed by atoms with Crippen LogP contribution in [0.15, 0.2) is 34.9 Å². The molecule has 0 radical (unpaired) electrons. The van der Waals surface area contributed by atoms with E-state index in [0.29, 0.717) is 11.1 Å². The second kappa shape index (κ2) is 6.63. The minimum atomic E-state index is -1.09. The number of pyridine rings is 1. The fourth-order valence-corrected chi connectivity index (χ4v) is 3.91. The van der Waals surface area contributed by atoms with E-state index in [1.807, 2.05) is 0 Å². The van der Waals surface area contributed by atoms with Crippen molar-refractivity contribution in [1.29, 1.82) is 5.26 Å². The average Bonchev–Trinajstić information content (AvgIpc) is 3.31. The van der Waals surface area contributed by atoms with Gasteiger partial charge in [0.1, 0.15) is 18.8 Å². The lowest BCUT2D eigenvalue weighted by Gasteiger charge is -2.34. The number of fused-ring (bicyclic) bond motifs is 2. The van der Waals surface area contributed by atoms with E-state index in [4.69, 9.17) is 5.26 Å². The normalized spacial score (nSPS) is 22.6. The summed E-state index contributed by atoms with van der Waals surface area (Å²) in [6.07, 6.45) is 0.330. The van der Waals surface area contributed by atoms with Gasteiger partial charge >= 0.3 is 0 Å². The predicted molar refractivity (Wildman–Crippen MR) is 98.8 cm³/mol. The van der Waals surface area contributed by atoms with Crippen LogP contribution in [0.25, 0.3) is 0 Å². The highest BCUT2D eigenvalue weighted by molar-refractivity contribution is 9.10. The largest absolute Gasteiger partial charge is 0.328 e. The molecule has 2 aliphatic rings. The molecule has 142 valence electrons. The van der Waals surface area contributed by atoms with E-state index in [-0.39, 0.29) is 36.8 Å². The summed E-state index contributed by atoms with van der Waals surface area (Å²) in [5, 5.41) is 11.0.